The summed E-state index contributed by atoms with van der Waals surface area (Å²) in [4.78, 5) is 0. The highest BCUT2D eigenvalue weighted by atomic mass is 16.5. The van der Waals surface area contributed by atoms with Crippen LogP contribution in [0.1, 0.15) is 23.6 Å². The third-order valence-electron chi connectivity index (χ3n) is 2.94. The molecule has 17 heavy (non-hydrogen) atoms. The van der Waals surface area contributed by atoms with Gasteiger partial charge in [-0.25, -0.2) is 0 Å². The van der Waals surface area contributed by atoms with E-state index in [1.807, 2.05) is 0 Å². The fourth-order valence-corrected chi connectivity index (χ4v) is 1.71. The maximum Gasteiger partial charge on any atom is 0.0587 e. The quantitative estimate of drug-likeness (QED) is 0.763. The Kier molecular flexibility index (Phi) is 5.95. The molecule has 0 aliphatic rings. The first-order chi connectivity index (χ1) is 8.15. The van der Waals surface area contributed by atoms with E-state index < -0.39 is 0 Å². The molecule has 1 aromatic carbocycles. The summed E-state index contributed by atoms with van der Waals surface area (Å²) in [5.41, 5.74) is 5.37. The highest BCUT2D eigenvalue weighted by Gasteiger charge is 1.98. The van der Waals surface area contributed by atoms with Crippen LogP contribution in [-0.4, -0.2) is 26.8 Å². The normalized spacial score (nSPS) is 11.9. The van der Waals surface area contributed by atoms with Crippen LogP contribution >= 0.6 is 0 Å². The van der Waals surface area contributed by atoms with Gasteiger partial charge in [0.1, 0.15) is 0 Å². The van der Waals surface area contributed by atoms with Crippen molar-refractivity contribution in [3.05, 3.63) is 40.5 Å². The van der Waals surface area contributed by atoms with Gasteiger partial charge < -0.3 is 10.1 Å². The van der Waals surface area contributed by atoms with E-state index in [4.69, 9.17) is 4.74 Å². The van der Waals surface area contributed by atoms with Crippen molar-refractivity contribution in [2.45, 2.75) is 20.8 Å². The van der Waals surface area contributed by atoms with E-state index in [1.165, 1.54) is 22.3 Å². The summed E-state index contributed by atoms with van der Waals surface area (Å²) in [6, 6.07) is 6.43. The standard InChI is InChI=1S/C15H23NO/c1-12(11-16-8-9-17-4)10-15-7-5-6-13(2)14(15)3/h5-7,10,16H,8-9,11H2,1-4H3. The zero-order chi connectivity index (χ0) is 12.7. The summed E-state index contributed by atoms with van der Waals surface area (Å²) in [5.74, 6) is 0. The van der Waals surface area contributed by atoms with Crippen molar-refractivity contribution in [3.63, 3.8) is 0 Å². The number of hydrogen-bond acceptors (Lipinski definition) is 2. The molecule has 0 aliphatic heterocycles. The third-order valence-corrected chi connectivity index (χ3v) is 2.94. The SMILES string of the molecule is COCCNCC(C)=Cc1cccc(C)c1C. The summed E-state index contributed by atoms with van der Waals surface area (Å²) in [6.45, 7) is 9.05. The topological polar surface area (TPSA) is 21.3 Å². The smallest absolute Gasteiger partial charge is 0.0587 e. The molecule has 1 N–H and O–H groups in total. The molecule has 2 heteroatoms. The number of rotatable bonds is 6. The average molecular weight is 233 g/mol. The van der Waals surface area contributed by atoms with Gasteiger partial charge in [0.25, 0.3) is 0 Å². The summed E-state index contributed by atoms with van der Waals surface area (Å²) in [6.07, 6.45) is 2.25. The molecule has 0 bridgehead atoms. The Morgan fingerprint density at radius 1 is 1.35 bits per heavy atom. The number of hydrogen-bond donors (Lipinski definition) is 1. The Morgan fingerprint density at radius 2 is 2.12 bits per heavy atom. The van der Waals surface area contributed by atoms with Gasteiger partial charge in [-0.1, -0.05) is 29.8 Å². The highest BCUT2D eigenvalue weighted by Crippen LogP contribution is 2.15. The minimum Gasteiger partial charge on any atom is -0.383 e. The number of aryl methyl sites for hydroxylation is 1. The van der Waals surface area contributed by atoms with Crippen LogP contribution in [0.25, 0.3) is 6.08 Å². The van der Waals surface area contributed by atoms with Crippen molar-refractivity contribution in [1.82, 2.24) is 5.32 Å². The van der Waals surface area contributed by atoms with Crippen LogP contribution < -0.4 is 5.32 Å². The van der Waals surface area contributed by atoms with Gasteiger partial charge >= 0.3 is 0 Å². The number of methoxy groups -OCH3 is 1. The number of benzene rings is 1. The second-order valence-electron chi connectivity index (χ2n) is 4.45. The van der Waals surface area contributed by atoms with E-state index >= 15 is 0 Å². The summed E-state index contributed by atoms with van der Waals surface area (Å²) in [5, 5.41) is 3.35. The molecule has 0 saturated carbocycles. The van der Waals surface area contributed by atoms with Crippen LogP contribution in [0, 0.1) is 13.8 Å². The van der Waals surface area contributed by atoms with E-state index in [-0.39, 0.29) is 0 Å². The summed E-state index contributed by atoms with van der Waals surface area (Å²) in [7, 11) is 1.72. The van der Waals surface area contributed by atoms with Gasteiger partial charge in [-0.2, -0.15) is 0 Å². The predicted molar refractivity (Wildman–Crippen MR) is 74.3 cm³/mol. The summed E-state index contributed by atoms with van der Waals surface area (Å²) >= 11 is 0. The molecule has 2 nitrogen and oxygen atoms in total. The molecule has 0 aromatic heterocycles. The largest absolute Gasteiger partial charge is 0.383 e. The molecule has 0 spiro atoms. The number of ether oxygens (including phenoxy) is 1. The fraction of sp³-hybridized carbons (Fsp3) is 0.467. The molecule has 1 rings (SSSR count). The first-order valence-corrected chi connectivity index (χ1v) is 6.08. The Balaban J connectivity index is 2.58. The second kappa shape index (κ2) is 7.25. The van der Waals surface area contributed by atoms with Crippen molar-refractivity contribution in [2.24, 2.45) is 0 Å². The summed E-state index contributed by atoms with van der Waals surface area (Å²) < 4.78 is 4.99. The Labute approximate surface area is 105 Å². The Bertz CT molecular complexity index is 383. The minimum absolute atomic E-state index is 0.761. The van der Waals surface area contributed by atoms with Crippen LogP contribution in [0.4, 0.5) is 0 Å². The Morgan fingerprint density at radius 3 is 2.82 bits per heavy atom. The maximum absolute atomic E-state index is 4.99. The molecule has 0 fully saturated rings. The molecule has 0 unspecified atom stereocenters. The molecule has 1 aromatic rings. The molecule has 0 aliphatic carbocycles. The lowest BCUT2D eigenvalue weighted by Crippen LogP contribution is -2.20. The van der Waals surface area contributed by atoms with Gasteiger partial charge in [-0.05, 0) is 37.5 Å². The number of nitrogens with one attached hydrogen (secondary N) is 1. The molecular formula is C15H23NO. The van der Waals surface area contributed by atoms with Gasteiger partial charge in [-0.15, -0.1) is 0 Å². The van der Waals surface area contributed by atoms with Gasteiger partial charge in [0, 0.05) is 20.2 Å². The van der Waals surface area contributed by atoms with Crippen LogP contribution in [0.5, 0.6) is 0 Å². The van der Waals surface area contributed by atoms with E-state index in [1.54, 1.807) is 7.11 Å². The van der Waals surface area contributed by atoms with E-state index in [0.717, 1.165) is 19.7 Å². The first-order valence-electron chi connectivity index (χ1n) is 6.08. The monoisotopic (exact) mass is 233 g/mol. The zero-order valence-electron chi connectivity index (χ0n) is 11.3. The van der Waals surface area contributed by atoms with Crippen molar-refractivity contribution in [3.8, 4) is 0 Å². The second-order valence-corrected chi connectivity index (χ2v) is 4.45. The highest BCUT2D eigenvalue weighted by molar-refractivity contribution is 5.57. The third kappa shape index (κ3) is 4.72. The van der Waals surface area contributed by atoms with Crippen LogP contribution in [-0.2, 0) is 4.74 Å². The lowest BCUT2D eigenvalue weighted by Gasteiger charge is -2.07. The van der Waals surface area contributed by atoms with Gasteiger partial charge in [0.15, 0.2) is 0 Å². The molecule has 0 atom stereocenters. The Hall–Kier alpha value is -1.12. The van der Waals surface area contributed by atoms with E-state index in [0.29, 0.717) is 0 Å². The van der Waals surface area contributed by atoms with Crippen molar-refractivity contribution >= 4 is 6.08 Å². The lowest BCUT2D eigenvalue weighted by atomic mass is 10.0. The van der Waals surface area contributed by atoms with Gasteiger partial charge in [-0.3, -0.25) is 0 Å². The van der Waals surface area contributed by atoms with Gasteiger partial charge in [0.05, 0.1) is 6.61 Å². The van der Waals surface area contributed by atoms with E-state index in [2.05, 4.69) is 50.4 Å². The van der Waals surface area contributed by atoms with Crippen molar-refractivity contribution in [2.75, 3.05) is 26.8 Å². The lowest BCUT2D eigenvalue weighted by molar-refractivity contribution is 0.200. The average Bonchev–Trinajstić information content (AvgIpc) is 2.31. The van der Waals surface area contributed by atoms with Gasteiger partial charge in [0.2, 0.25) is 0 Å². The molecule has 0 radical (unpaired) electrons. The molecule has 94 valence electrons. The van der Waals surface area contributed by atoms with Crippen LogP contribution in [0.15, 0.2) is 23.8 Å². The molecule has 0 heterocycles. The zero-order valence-corrected chi connectivity index (χ0v) is 11.3. The van der Waals surface area contributed by atoms with Crippen LogP contribution in [0.3, 0.4) is 0 Å². The van der Waals surface area contributed by atoms with E-state index in [9.17, 15) is 0 Å². The predicted octanol–water partition coefficient (Wildman–Crippen LogP) is 2.94. The fourth-order valence-electron chi connectivity index (χ4n) is 1.71. The first kappa shape index (κ1) is 13.9. The molecular weight excluding hydrogens is 210 g/mol. The molecule has 0 saturated heterocycles. The van der Waals surface area contributed by atoms with Crippen molar-refractivity contribution in [1.29, 1.82) is 0 Å². The minimum atomic E-state index is 0.761. The maximum atomic E-state index is 4.99. The molecule has 0 amide bonds. The van der Waals surface area contributed by atoms with Crippen molar-refractivity contribution < 1.29 is 4.74 Å². The van der Waals surface area contributed by atoms with Crippen LogP contribution in [0.2, 0.25) is 0 Å².